The van der Waals surface area contributed by atoms with E-state index in [2.05, 4.69) is 0 Å². The smallest absolute Gasteiger partial charge is 0.416 e. The van der Waals surface area contributed by atoms with Gasteiger partial charge in [-0.05, 0) is 18.6 Å². The highest BCUT2D eigenvalue weighted by Crippen LogP contribution is 2.35. The fourth-order valence-electron chi connectivity index (χ4n) is 2.49. The van der Waals surface area contributed by atoms with Crippen LogP contribution in [0.1, 0.15) is 29.7 Å². The number of nitrogens with two attached hydrogens (primary N) is 1. The van der Waals surface area contributed by atoms with E-state index in [1.54, 1.807) is 30.3 Å². The Balaban J connectivity index is 2.22. The molecule has 0 aliphatic carbocycles. The summed E-state index contributed by atoms with van der Waals surface area (Å²) in [5.74, 6) is -2.14. The molecule has 0 aliphatic rings. The van der Waals surface area contributed by atoms with Crippen molar-refractivity contribution in [3.05, 3.63) is 82.9 Å². The molecule has 2 N–H and O–H groups in total. The van der Waals surface area contributed by atoms with Crippen molar-refractivity contribution in [1.29, 1.82) is 0 Å². The molecule has 1 atom stereocenters. The van der Waals surface area contributed by atoms with Gasteiger partial charge in [0, 0.05) is 5.56 Å². The minimum absolute atomic E-state index is 0.0141. The molecule has 6 nitrogen and oxygen atoms in total. The molecular weight excluding hydrogens is 411 g/mol. The summed E-state index contributed by atoms with van der Waals surface area (Å²) >= 11 is 0. The molecule has 0 aliphatic heterocycles. The molecule has 0 aromatic heterocycles. The summed E-state index contributed by atoms with van der Waals surface area (Å²) in [6.07, 6.45) is -5.85. The van der Waals surface area contributed by atoms with E-state index in [0.29, 0.717) is 5.56 Å². The van der Waals surface area contributed by atoms with Crippen molar-refractivity contribution >= 4 is 16.4 Å². The number of hydrogen-bond donors (Lipinski definition) is 1. The maximum absolute atomic E-state index is 13.1. The molecule has 10 heteroatoms. The fraction of sp³-hybridized carbons (Fsp3) is 0.211. The lowest BCUT2D eigenvalue weighted by Crippen LogP contribution is -2.18. The van der Waals surface area contributed by atoms with Crippen LogP contribution in [-0.4, -0.2) is 14.7 Å². The Labute approximate surface area is 165 Å². The van der Waals surface area contributed by atoms with Crippen LogP contribution in [0, 0.1) is 0 Å². The van der Waals surface area contributed by atoms with Crippen molar-refractivity contribution in [1.82, 2.24) is 0 Å². The van der Waals surface area contributed by atoms with Crippen LogP contribution in [0.5, 0.6) is 0 Å². The van der Waals surface area contributed by atoms with E-state index in [-0.39, 0.29) is 11.8 Å². The SMILES string of the molecule is CC(O/C(N)=C(\C=O)OS(=O)(=O)Cc1ccccc1)c1ccccc1C(F)(F)F. The summed E-state index contributed by atoms with van der Waals surface area (Å²) in [5, 5.41) is 0. The van der Waals surface area contributed by atoms with Crippen LogP contribution in [0.3, 0.4) is 0 Å². The third kappa shape index (κ3) is 6.24. The number of hydrogen-bond acceptors (Lipinski definition) is 6. The van der Waals surface area contributed by atoms with E-state index in [0.717, 1.165) is 6.07 Å². The topological polar surface area (TPSA) is 95.7 Å². The third-order valence-corrected chi connectivity index (χ3v) is 4.88. The number of carbonyl (C=O) groups excluding carboxylic acids is 1. The zero-order chi connectivity index (χ0) is 21.7. The van der Waals surface area contributed by atoms with Gasteiger partial charge in [0.2, 0.25) is 11.6 Å². The molecule has 0 saturated carbocycles. The van der Waals surface area contributed by atoms with Gasteiger partial charge in [0.05, 0.1) is 5.56 Å². The largest absolute Gasteiger partial charge is 0.469 e. The molecular formula is C19H18F3NO5S. The highest BCUT2D eigenvalue weighted by Gasteiger charge is 2.34. The molecule has 0 amide bonds. The number of rotatable bonds is 8. The maximum atomic E-state index is 13.1. The Morgan fingerprint density at radius 2 is 1.69 bits per heavy atom. The molecule has 2 aromatic carbocycles. The number of allylic oxidation sites excluding steroid dienone is 1. The van der Waals surface area contributed by atoms with Crippen LogP contribution in [-0.2, 0) is 35.8 Å². The molecule has 29 heavy (non-hydrogen) atoms. The molecule has 1 unspecified atom stereocenters. The van der Waals surface area contributed by atoms with Gasteiger partial charge in [0.1, 0.15) is 11.9 Å². The van der Waals surface area contributed by atoms with Crippen LogP contribution in [0.25, 0.3) is 0 Å². The first-order valence-electron chi connectivity index (χ1n) is 8.27. The molecule has 156 valence electrons. The lowest BCUT2D eigenvalue weighted by atomic mass is 10.0. The Morgan fingerprint density at radius 1 is 1.10 bits per heavy atom. The van der Waals surface area contributed by atoms with Crippen LogP contribution in [0.4, 0.5) is 13.2 Å². The third-order valence-electron chi connectivity index (χ3n) is 3.76. The normalized spacial score (nSPS) is 13.9. The summed E-state index contributed by atoms with van der Waals surface area (Å²) in [6, 6.07) is 12.7. The maximum Gasteiger partial charge on any atom is 0.416 e. The van der Waals surface area contributed by atoms with E-state index in [1.807, 2.05) is 0 Å². The van der Waals surface area contributed by atoms with Gasteiger partial charge in [-0.2, -0.15) is 21.6 Å². The molecule has 2 rings (SSSR count). The fourth-order valence-corrected chi connectivity index (χ4v) is 3.54. The first-order valence-corrected chi connectivity index (χ1v) is 9.85. The molecule has 0 spiro atoms. The molecule has 0 heterocycles. The number of benzene rings is 2. The molecule has 0 fully saturated rings. The van der Waals surface area contributed by atoms with Crippen molar-refractivity contribution < 1.29 is 35.3 Å². The Kier molecular flexibility index (Phi) is 6.91. The molecule has 2 aromatic rings. The average Bonchev–Trinajstić information content (AvgIpc) is 2.65. The van der Waals surface area contributed by atoms with Crippen LogP contribution in [0.2, 0.25) is 0 Å². The van der Waals surface area contributed by atoms with Gasteiger partial charge >= 0.3 is 16.3 Å². The number of ether oxygens (including phenoxy) is 1. The van der Waals surface area contributed by atoms with Gasteiger partial charge < -0.3 is 14.7 Å². The summed E-state index contributed by atoms with van der Waals surface area (Å²) < 4.78 is 73.6. The van der Waals surface area contributed by atoms with Crippen LogP contribution >= 0.6 is 0 Å². The van der Waals surface area contributed by atoms with Gasteiger partial charge in [0.25, 0.3) is 0 Å². The van der Waals surface area contributed by atoms with Gasteiger partial charge in [0.15, 0.2) is 6.29 Å². The average molecular weight is 429 g/mol. The van der Waals surface area contributed by atoms with Gasteiger partial charge in [-0.3, -0.25) is 4.79 Å². The Morgan fingerprint density at radius 3 is 2.28 bits per heavy atom. The summed E-state index contributed by atoms with van der Waals surface area (Å²) in [7, 11) is -4.25. The molecule has 0 saturated heterocycles. The molecule has 0 radical (unpaired) electrons. The van der Waals surface area contributed by atoms with Crippen molar-refractivity contribution in [2.75, 3.05) is 0 Å². The van der Waals surface area contributed by atoms with Crippen LogP contribution < -0.4 is 5.73 Å². The highest BCUT2D eigenvalue weighted by atomic mass is 32.2. The van der Waals surface area contributed by atoms with E-state index in [4.69, 9.17) is 14.7 Å². The van der Waals surface area contributed by atoms with Gasteiger partial charge in [-0.15, -0.1) is 0 Å². The zero-order valence-electron chi connectivity index (χ0n) is 15.2. The summed E-state index contributed by atoms with van der Waals surface area (Å²) in [4.78, 5) is 11.2. The number of alkyl halides is 3. The van der Waals surface area contributed by atoms with E-state index in [9.17, 15) is 26.4 Å². The minimum Gasteiger partial charge on any atom is -0.469 e. The number of aldehydes is 1. The second-order valence-corrected chi connectivity index (χ2v) is 7.53. The minimum atomic E-state index is -4.63. The van der Waals surface area contributed by atoms with E-state index in [1.165, 1.54) is 25.1 Å². The summed E-state index contributed by atoms with van der Waals surface area (Å²) in [6.45, 7) is 1.28. The quantitative estimate of drug-likeness (QED) is 0.298. The first-order chi connectivity index (χ1) is 13.5. The Bertz CT molecular complexity index is 988. The van der Waals surface area contributed by atoms with Crippen molar-refractivity contribution in [3.8, 4) is 0 Å². The highest BCUT2D eigenvalue weighted by molar-refractivity contribution is 7.86. The first kappa shape index (κ1) is 22.3. The Hall–Kier alpha value is -3.01. The van der Waals surface area contributed by atoms with Crippen molar-refractivity contribution in [2.24, 2.45) is 5.73 Å². The lowest BCUT2D eigenvalue weighted by molar-refractivity contribution is -0.139. The summed E-state index contributed by atoms with van der Waals surface area (Å²) in [5.41, 5.74) is 4.81. The second kappa shape index (κ2) is 8.99. The monoisotopic (exact) mass is 429 g/mol. The van der Waals surface area contributed by atoms with Crippen LogP contribution in [0.15, 0.2) is 66.2 Å². The predicted molar refractivity (Wildman–Crippen MR) is 98.4 cm³/mol. The molecule has 0 bridgehead atoms. The van der Waals surface area contributed by atoms with E-state index >= 15 is 0 Å². The lowest BCUT2D eigenvalue weighted by Gasteiger charge is -2.20. The number of carbonyl (C=O) groups is 1. The van der Waals surface area contributed by atoms with E-state index < -0.39 is 45.4 Å². The standard InChI is InChI=1S/C19H18F3NO5S/c1-13(15-9-5-6-10-16(15)19(20,21)22)27-18(23)17(11-24)28-29(25,26)12-14-7-3-2-4-8-14/h2-11,13H,12,23H2,1H3/b18-17+. The van der Waals surface area contributed by atoms with Gasteiger partial charge in [-0.25, -0.2) is 0 Å². The number of halogens is 3. The van der Waals surface area contributed by atoms with Crippen molar-refractivity contribution in [2.45, 2.75) is 25.0 Å². The van der Waals surface area contributed by atoms with Gasteiger partial charge in [-0.1, -0.05) is 48.5 Å². The second-order valence-electron chi connectivity index (χ2n) is 5.96. The zero-order valence-corrected chi connectivity index (χ0v) is 16.0. The predicted octanol–water partition coefficient (Wildman–Crippen LogP) is 3.66. The van der Waals surface area contributed by atoms with Crippen molar-refractivity contribution in [3.63, 3.8) is 0 Å².